The summed E-state index contributed by atoms with van der Waals surface area (Å²) >= 11 is 0. The monoisotopic (exact) mass is 551 g/mol. The van der Waals surface area contributed by atoms with Gasteiger partial charge in [-0.25, -0.2) is 4.79 Å². The average Bonchev–Trinajstić information content (AvgIpc) is 2.92. The summed E-state index contributed by atoms with van der Waals surface area (Å²) in [7, 11) is 0. The van der Waals surface area contributed by atoms with Gasteiger partial charge < -0.3 is 41.1 Å². The number of carbonyl (C=O) groups is 1. The first-order valence-corrected chi connectivity index (χ1v) is 15.2. The number of hydrogen-bond donors (Lipinski definition) is 8. The van der Waals surface area contributed by atoms with Gasteiger partial charge in [0.05, 0.1) is 13.2 Å². The number of rotatable bonds is 26. The predicted molar refractivity (Wildman–Crippen MR) is 152 cm³/mol. The predicted octanol–water partition coefficient (Wildman–Crippen LogP) is 3.51. The van der Waals surface area contributed by atoms with Crippen molar-refractivity contribution in [1.82, 2.24) is 5.32 Å². The molecule has 0 unspecified atom stereocenters. The molecule has 0 aliphatic heterocycles. The first-order valence-electron chi connectivity index (χ1n) is 15.2. The van der Waals surface area contributed by atoms with Crippen molar-refractivity contribution in [3.63, 3.8) is 0 Å². The third kappa shape index (κ3) is 24.2. The van der Waals surface area contributed by atoms with Crippen LogP contribution >= 0.6 is 0 Å². The molecule has 9 heteroatoms. The second-order valence-corrected chi connectivity index (χ2v) is 10.4. The Labute approximate surface area is 231 Å². The Bertz CT molecular complexity index is 477. The van der Waals surface area contributed by atoms with Crippen molar-refractivity contribution in [2.24, 2.45) is 0 Å². The summed E-state index contributed by atoms with van der Waals surface area (Å²) in [6.45, 7) is 4.76. The lowest BCUT2D eigenvalue weighted by molar-refractivity contribution is -0.164. The number of unbranched alkanes of at least 4 members (excludes halogenated alkanes) is 14. The van der Waals surface area contributed by atoms with Crippen LogP contribution in [0.4, 0.5) is 0 Å². The minimum absolute atomic E-state index is 0.269. The van der Waals surface area contributed by atoms with Gasteiger partial charge in [-0.15, -0.1) is 0 Å². The number of hydrogen-bond acceptors (Lipinski definition) is 8. The quantitative estimate of drug-likeness (QED) is 0.0749. The smallest absolute Gasteiger partial charge is 0.335 e. The molecule has 0 saturated carbocycles. The molecule has 0 rings (SSSR count). The van der Waals surface area contributed by atoms with E-state index in [1.165, 1.54) is 116 Å². The Kier molecular flexibility index (Phi) is 30.2. The van der Waals surface area contributed by atoms with Crippen molar-refractivity contribution in [3.05, 3.63) is 0 Å². The topological polar surface area (TPSA) is 171 Å². The van der Waals surface area contributed by atoms with Gasteiger partial charge in [0.2, 0.25) is 0 Å². The highest BCUT2D eigenvalue weighted by Gasteiger charge is 2.33. The fourth-order valence-electron chi connectivity index (χ4n) is 4.33. The number of aliphatic carboxylic acids is 1. The molecule has 0 aromatic carbocycles. The maximum Gasteiger partial charge on any atom is 0.335 e. The van der Waals surface area contributed by atoms with E-state index in [2.05, 4.69) is 19.2 Å². The van der Waals surface area contributed by atoms with E-state index < -0.39 is 37.0 Å². The van der Waals surface area contributed by atoms with Crippen LogP contribution in [-0.2, 0) is 4.79 Å². The summed E-state index contributed by atoms with van der Waals surface area (Å²) in [4.78, 5) is 10.1. The van der Waals surface area contributed by atoms with E-state index in [9.17, 15) is 4.79 Å². The zero-order chi connectivity index (χ0) is 29.0. The highest BCUT2D eigenvalue weighted by molar-refractivity contribution is 5.72. The molecular formula is C29H61NO8. The van der Waals surface area contributed by atoms with Crippen molar-refractivity contribution in [1.29, 1.82) is 0 Å². The van der Waals surface area contributed by atoms with Gasteiger partial charge in [-0.2, -0.15) is 0 Å². The van der Waals surface area contributed by atoms with Crippen molar-refractivity contribution in [2.75, 3.05) is 19.8 Å². The van der Waals surface area contributed by atoms with Crippen LogP contribution in [0.2, 0.25) is 0 Å². The molecule has 0 bridgehead atoms. The molecule has 0 aromatic rings. The van der Waals surface area contributed by atoms with E-state index in [0.29, 0.717) is 6.04 Å². The molecule has 4 atom stereocenters. The van der Waals surface area contributed by atoms with E-state index >= 15 is 0 Å². The first kappa shape index (κ1) is 39.3. The van der Waals surface area contributed by atoms with E-state index in [4.69, 9.17) is 35.7 Å². The molecule has 9 nitrogen and oxygen atoms in total. The van der Waals surface area contributed by atoms with Gasteiger partial charge in [0.15, 0.2) is 6.10 Å². The number of nitrogens with one attached hydrogen (secondary N) is 1. The number of aliphatic hydroxyl groups is 6. The third-order valence-corrected chi connectivity index (χ3v) is 6.86. The maximum absolute atomic E-state index is 10.1. The molecule has 8 N–H and O–H groups in total. The SMILES string of the molecule is CCCCCCCCCCC(CCCCCCCCCC)NCCO.O=C(O)[C@H](O)[C@@H](O)[C@H](O)[C@H](O)CO. The Morgan fingerprint density at radius 2 is 1.03 bits per heavy atom. The van der Waals surface area contributed by atoms with E-state index in [1.807, 2.05) is 0 Å². The third-order valence-electron chi connectivity index (χ3n) is 6.86. The largest absolute Gasteiger partial charge is 0.479 e. The number of aliphatic hydroxyl groups excluding tert-OH is 6. The van der Waals surface area contributed by atoms with Crippen LogP contribution in [0.3, 0.4) is 0 Å². The average molecular weight is 552 g/mol. The molecule has 0 fully saturated rings. The van der Waals surface area contributed by atoms with Crippen LogP contribution in [0.5, 0.6) is 0 Å². The van der Waals surface area contributed by atoms with Gasteiger partial charge >= 0.3 is 5.97 Å². The molecule has 0 aromatic heterocycles. The van der Waals surface area contributed by atoms with Crippen LogP contribution in [0.1, 0.15) is 129 Å². The molecule has 38 heavy (non-hydrogen) atoms. The fourth-order valence-corrected chi connectivity index (χ4v) is 4.33. The fraction of sp³-hybridized carbons (Fsp3) is 0.966. The minimum Gasteiger partial charge on any atom is -0.479 e. The van der Waals surface area contributed by atoms with Crippen LogP contribution in [0, 0.1) is 0 Å². The van der Waals surface area contributed by atoms with Crippen molar-refractivity contribution in [2.45, 2.75) is 160 Å². The molecule has 0 aliphatic carbocycles. The number of carboxylic acid groups (broad SMARTS) is 1. The van der Waals surface area contributed by atoms with E-state index in [0.717, 1.165) is 6.54 Å². The van der Waals surface area contributed by atoms with Gasteiger partial charge in [-0.1, -0.05) is 117 Å². The van der Waals surface area contributed by atoms with Gasteiger partial charge in [-0.05, 0) is 12.8 Å². The highest BCUT2D eigenvalue weighted by Crippen LogP contribution is 2.15. The summed E-state index contributed by atoms with van der Waals surface area (Å²) in [5.74, 6) is -1.73. The Morgan fingerprint density at radius 1 is 0.632 bits per heavy atom. The normalized spacial score (nSPS) is 14.6. The lowest BCUT2D eigenvalue weighted by Crippen LogP contribution is -2.48. The molecular weight excluding hydrogens is 490 g/mol. The Balaban J connectivity index is 0. The first-order chi connectivity index (χ1) is 18.3. The maximum atomic E-state index is 10.1. The summed E-state index contributed by atoms with van der Waals surface area (Å²) < 4.78 is 0. The van der Waals surface area contributed by atoms with Gasteiger partial charge in [0.1, 0.15) is 18.3 Å². The second-order valence-electron chi connectivity index (χ2n) is 10.4. The summed E-state index contributed by atoms with van der Waals surface area (Å²) in [5, 5.41) is 64.4. The van der Waals surface area contributed by atoms with Crippen molar-refractivity contribution in [3.8, 4) is 0 Å². The highest BCUT2D eigenvalue weighted by atomic mass is 16.4. The standard InChI is InChI=1S/C23H49NO.C6H12O7/c1-3-5-7-9-11-13-15-17-19-23(24-21-22-25)20-18-16-14-12-10-8-6-4-2;7-1-2(8)3(9)4(10)5(11)6(12)13/h23-25H,3-22H2,1-2H3;2-5,7-11H,1H2,(H,12,13)/t;2-,3-,4+,5-/m.1/s1. The molecule has 0 saturated heterocycles. The zero-order valence-corrected chi connectivity index (χ0v) is 24.3. The summed E-state index contributed by atoms with van der Waals surface area (Å²) in [5.41, 5.74) is 0. The Morgan fingerprint density at radius 3 is 1.37 bits per heavy atom. The van der Waals surface area contributed by atoms with Crippen molar-refractivity contribution >= 4 is 5.97 Å². The minimum atomic E-state index is -2.20. The lowest BCUT2D eigenvalue weighted by atomic mass is 9.99. The lowest BCUT2D eigenvalue weighted by Gasteiger charge is -2.23. The van der Waals surface area contributed by atoms with Gasteiger partial charge in [0.25, 0.3) is 0 Å². The van der Waals surface area contributed by atoms with Crippen LogP contribution in [-0.4, -0.2) is 91.9 Å². The molecule has 0 heterocycles. The van der Waals surface area contributed by atoms with E-state index in [1.54, 1.807) is 0 Å². The molecule has 0 radical (unpaired) electrons. The summed E-state index contributed by atoms with van der Waals surface area (Å²) in [6, 6.07) is 0.632. The molecule has 0 spiro atoms. The van der Waals surface area contributed by atoms with Crippen molar-refractivity contribution < 1.29 is 40.5 Å². The Hall–Kier alpha value is -0.810. The molecule has 0 amide bonds. The number of carboxylic acids is 1. The van der Waals surface area contributed by atoms with Crippen LogP contribution < -0.4 is 5.32 Å². The second kappa shape index (κ2) is 29.2. The summed E-state index contributed by atoms with van der Waals surface area (Å²) in [6.07, 6.45) is 17.1. The van der Waals surface area contributed by atoms with Crippen LogP contribution in [0.15, 0.2) is 0 Å². The zero-order valence-electron chi connectivity index (χ0n) is 24.3. The van der Waals surface area contributed by atoms with E-state index in [-0.39, 0.29) is 6.61 Å². The molecule has 0 aliphatic rings. The van der Waals surface area contributed by atoms with Gasteiger partial charge in [0, 0.05) is 12.6 Å². The van der Waals surface area contributed by atoms with Gasteiger partial charge in [-0.3, -0.25) is 0 Å². The van der Waals surface area contributed by atoms with Crippen LogP contribution in [0.25, 0.3) is 0 Å². The molecule has 230 valence electrons.